The Morgan fingerprint density at radius 2 is 2.25 bits per heavy atom. The molecule has 1 aromatic heterocycles. The lowest BCUT2D eigenvalue weighted by molar-refractivity contribution is 0.108. The van der Waals surface area contributed by atoms with Gasteiger partial charge in [-0.15, -0.1) is 0 Å². The number of aldehydes is 1. The van der Waals surface area contributed by atoms with E-state index in [9.17, 15) is 4.79 Å². The van der Waals surface area contributed by atoms with Gasteiger partial charge in [0.2, 0.25) is 6.29 Å². The highest BCUT2D eigenvalue weighted by atomic mass is 16.5. The average Bonchev–Trinajstić information content (AvgIpc) is 2.73. The summed E-state index contributed by atoms with van der Waals surface area (Å²) in [4.78, 5) is 14.1. The molecule has 6 heteroatoms. The van der Waals surface area contributed by atoms with E-state index >= 15 is 0 Å². The van der Waals surface area contributed by atoms with Crippen molar-refractivity contribution in [1.29, 1.82) is 0 Å². The molecule has 2 rings (SSSR count). The first-order valence-corrected chi connectivity index (χ1v) is 5.37. The number of carbonyl (C=O) groups is 1. The van der Waals surface area contributed by atoms with Crippen LogP contribution in [0.2, 0.25) is 0 Å². The smallest absolute Gasteiger partial charge is 0.290 e. The van der Waals surface area contributed by atoms with Crippen molar-refractivity contribution in [3.05, 3.63) is 11.7 Å². The predicted molar refractivity (Wildman–Crippen MR) is 58.8 cm³/mol. The minimum atomic E-state index is 0.0452. The van der Waals surface area contributed by atoms with Crippen LogP contribution in [0, 0.1) is 5.92 Å². The summed E-state index contributed by atoms with van der Waals surface area (Å²) in [6, 6.07) is 0.572. The van der Waals surface area contributed by atoms with Crippen molar-refractivity contribution < 1.29 is 9.32 Å². The summed E-state index contributed by atoms with van der Waals surface area (Å²) >= 11 is 0. The number of hydrogen-bond donors (Lipinski definition) is 2. The van der Waals surface area contributed by atoms with Gasteiger partial charge in [-0.3, -0.25) is 4.79 Å². The number of carbonyl (C=O) groups excluding carboxylic acids is 1. The van der Waals surface area contributed by atoms with E-state index in [1.807, 2.05) is 0 Å². The summed E-state index contributed by atoms with van der Waals surface area (Å²) in [6.45, 7) is 2.81. The summed E-state index contributed by atoms with van der Waals surface area (Å²) in [5, 5.41) is 6.96. The number of aromatic nitrogens is 2. The van der Waals surface area contributed by atoms with E-state index in [2.05, 4.69) is 32.6 Å². The SMILES string of the molecule is CC1CC(NCc2noc(C=O)n2)C1.CN. The second-order valence-corrected chi connectivity index (χ2v) is 3.82. The van der Waals surface area contributed by atoms with E-state index in [-0.39, 0.29) is 5.89 Å². The molecule has 0 radical (unpaired) electrons. The van der Waals surface area contributed by atoms with Gasteiger partial charge in [0.05, 0.1) is 6.54 Å². The van der Waals surface area contributed by atoms with E-state index in [1.165, 1.54) is 19.9 Å². The molecule has 0 amide bonds. The molecule has 6 nitrogen and oxygen atoms in total. The van der Waals surface area contributed by atoms with Gasteiger partial charge in [0.15, 0.2) is 5.82 Å². The fourth-order valence-corrected chi connectivity index (χ4v) is 1.69. The molecule has 0 saturated heterocycles. The number of hydrogen-bond acceptors (Lipinski definition) is 6. The Hall–Kier alpha value is -1.27. The third-order valence-electron chi connectivity index (χ3n) is 2.51. The van der Waals surface area contributed by atoms with E-state index in [0.717, 1.165) is 5.92 Å². The van der Waals surface area contributed by atoms with Crippen LogP contribution in [0.1, 0.15) is 36.3 Å². The summed E-state index contributed by atoms with van der Waals surface area (Å²) in [6.07, 6.45) is 2.97. The maximum absolute atomic E-state index is 10.3. The Morgan fingerprint density at radius 1 is 1.56 bits per heavy atom. The molecule has 16 heavy (non-hydrogen) atoms. The van der Waals surface area contributed by atoms with Crippen LogP contribution >= 0.6 is 0 Å². The molecular formula is C10H18N4O2. The second-order valence-electron chi connectivity index (χ2n) is 3.82. The largest absolute Gasteiger partial charge is 0.333 e. The molecule has 1 fully saturated rings. The van der Waals surface area contributed by atoms with E-state index in [4.69, 9.17) is 0 Å². The molecule has 0 atom stereocenters. The first kappa shape index (κ1) is 12.8. The van der Waals surface area contributed by atoms with Crippen LogP contribution in [0.3, 0.4) is 0 Å². The molecule has 90 valence electrons. The monoisotopic (exact) mass is 226 g/mol. The molecule has 0 aromatic carbocycles. The van der Waals surface area contributed by atoms with Gasteiger partial charge in [0.25, 0.3) is 5.89 Å². The minimum absolute atomic E-state index is 0.0452. The fraction of sp³-hybridized carbons (Fsp3) is 0.700. The van der Waals surface area contributed by atoms with Crippen LogP contribution in [-0.4, -0.2) is 29.5 Å². The third kappa shape index (κ3) is 3.39. The quantitative estimate of drug-likeness (QED) is 0.719. The lowest BCUT2D eigenvalue weighted by atomic mass is 9.82. The zero-order valence-electron chi connectivity index (χ0n) is 9.64. The van der Waals surface area contributed by atoms with Crippen molar-refractivity contribution in [1.82, 2.24) is 15.5 Å². The molecule has 1 aliphatic rings. The van der Waals surface area contributed by atoms with Gasteiger partial charge in [-0.1, -0.05) is 12.1 Å². The minimum Gasteiger partial charge on any atom is -0.333 e. The van der Waals surface area contributed by atoms with Gasteiger partial charge in [-0.25, -0.2) is 0 Å². The Balaban J connectivity index is 0.000000606. The Bertz CT molecular complexity index is 320. The molecule has 0 aliphatic heterocycles. The fourth-order valence-electron chi connectivity index (χ4n) is 1.69. The number of nitrogens with one attached hydrogen (secondary N) is 1. The molecule has 1 saturated carbocycles. The van der Waals surface area contributed by atoms with Crippen LogP contribution < -0.4 is 11.1 Å². The maximum atomic E-state index is 10.3. The number of nitrogens with two attached hydrogens (primary N) is 1. The first-order valence-electron chi connectivity index (χ1n) is 5.37. The molecular weight excluding hydrogens is 208 g/mol. The topological polar surface area (TPSA) is 94.0 Å². The Labute approximate surface area is 94.6 Å². The Morgan fingerprint density at radius 3 is 2.75 bits per heavy atom. The normalized spacial score (nSPS) is 22.9. The van der Waals surface area contributed by atoms with Crippen molar-refractivity contribution in [2.24, 2.45) is 11.7 Å². The lowest BCUT2D eigenvalue weighted by Crippen LogP contribution is -2.39. The third-order valence-corrected chi connectivity index (χ3v) is 2.51. The molecule has 0 bridgehead atoms. The van der Waals surface area contributed by atoms with E-state index in [1.54, 1.807) is 0 Å². The summed E-state index contributed by atoms with van der Waals surface area (Å²) in [5.41, 5.74) is 4.50. The van der Waals surface area contributed by atoms with Crippen molar-refractivity contribution in [2.45, 2.75) is 32.4 Å². The van der Waals surface area contributed by atoms with Gasteiger partial charge in [-0.2, -0.15) is 4.98 Å². The predicted octanol–water partition coefficient (Wildman–Crippen LogP) is 0.345. The zero-order valence-corrected chi connectivity index (χ0v) is 9.64. The second kappa shape index (κ2) is 6.34. The van der Waals surface area contributed by atoms with Gasteiger partial charge in [0, 0.05) is 6.04 Å². The van der Waals surface area contributed by atoms with Crippen molar-refractivity contribution >= 4 is 6.29 Å². The van der Waals surface area contributed by atoms with Gasteiger partial charge in [0.1, 0.15) is 0 Å². The van der Waals surface area contributed by atoms with Gasteiger partial charge in [-0.05, 0) is 25.8 Å². The number of nitrogens with zero attached hydrogens (tertiary/aromatic N) is 2. The van der Waals surface area contributed by atoms with Gasteiger partial charge >= 0.3 is 0 Å². The molecule has 3 N–H and O–H groups in total. The van der Waals surface area contributed by atoms with Crippen LogP contribution in [0.25, 0.3) is 0 Å². The molecule has 1 heterocycles. The highest BCUT2D eigenvalue weighted by Crippen LogP contribution is 2.26. The Kier molecular flexibility index (Phi) is 5.07. The van der Waals surface area contributed by atoms with E-state index in [0.29, 0.717) is 24.7 Å². The molecule has 0 spiro atoms. The molecule has 1 aliphatic carbocycles. The summed E-state index contributed by atoms with van der Waals surface area (Å²) in [5.74, 6) is 1.42. The zero-order chi connectivity index (χ0) is 12.0. The maximum Gasteiger partial charge on any atom is 0.290 e. The average molecular weight is 226 g/mol. The molecule has 1 aromatic rings. The summed E-state index contributed by atoms with van der Waals surface area (Å²) < 4.78 is 4.65. The van der Waals surface area contributed by atoms with Crippen LogP contribution in [0.5, 0.6) is 0 Å². The van der Waals surface area contributed by atoms with Crippen LogP contribution in [0.15, 0.2) is 4.52 Å². The number of rotatable bonds is 4. The standard InChI is InChI=1S/C9H13N3O2.CH5N/c1-6-2-7(3-6)10-4-8-11-9(5-13)14-12-8;1-2/h5-7,10H,2-4H2,1H3;2H2,1H3. The van der Waals surface area contributed by atoms with Crippen molar-refractivity contribution in [3.63, 3.8) is 0 Å². The van der Waals surface area contributed by atoms with Crippen molar-refractivity contribution in [2.75, 3.05) is 7.05 Å². The van der Waals surface area contributed by atoms with Gasteiger partial charge < -0.3 is 15.6 Å². The first-order chi connectivity index (χ1) is 7.78. The highest BCUT2D eigenvalue weighted by molar-refractivity contribution is 5.66. The summed E-state index contributed by atoms with van der Waals surface area (Å²) in [7, 11) is 1.50. The van der Waals surface area contributed by atoms with Crippen molar-refractivity contribution in [3.8, 4) is 0 Å². The lowest BCUT2D eigenvalue weighted by Gasteiger charge is -2.33. The molecule has 0 unspecified atom stereocenters. The van der Waals surface area contributed by atoms with Crippen LogP contribution in [0.4, 0.5) is 0 Å². The van der Waals surface area contributed by atoms with Crippen LogP contribution in [-0.2, 0) is 6.54 Å². The van der Waals surface area contributed by atoms with E-state index < -0.39 is 0 Å². The highest BCUT2D eigenvalue weighted by Gasteiger charge is 2.24.